The van der Waals surface area contributed by atoms with Crippen LogP contribution in [0.15, 0.2) is 72.8 Å². The highest BCUT2D eigenvalue weighted by Gasteiger charge is 2.38. The maximum Gasteiger partial charge on any atom is 0.168 e. The SMILES string of the molecule is CCCCCCCCNc1cc2c(s1)-c1ccc3c4c(c(F)c(F)c-2c14)-c1cc(-c2ccc(-c4cc5c(s4)-c4ccc6c7c(ccc-5c47)-c4sc(C)cc4-6)s2)sc1-3. The molecule has 0 spiro atoms. The summed E-state index contributed by atoms with van der Waals surface area (Å²) in [6.07, 6.45) is 7.45. The van der Waals surface area contributed by atoms with Crippen molar-refractivity contribution in [3.63, 3.8) is 0 Å². The number of unbranched alkanes of at least 4 members (excludes halogenated alkanes) is 5. The topological polar surface area (TPSA) is 12.0 Å². The molecule has 1 N–H and O–H groups in total. The first-order valence-corrected chi connectivity index (χ1v) is 24.0. The van der Waals surface area contributed by atoms with Gasteiger partial charge in [-0.25, -0.2) is 8.78 Å². The Hall–Kier alpha value is -4.44. The van der Waals surface area contributed by atoms with Crippen molar-refractivity contribution in [1.82, 2.24) is 0 Å². The second-order valence-electron chi connectivity index (χ2n) is 15.9. The van der Waals surface area contributed by atoms with E-state index in [9.17, 15) is 0 Å². The third-order valence-corrected chi connectivity index (χ3v) is 18.6. The van der Waals surface area contributed by atoms with Crippen LogP contribution >= 0.6 is 56.7 Å². The molecule has 0 aliphatic heterocycles. The summed E-state index contributed by atoms with van der Waals surface area (Å²) in [4.78, 5) is 11.0. The van der Waals surface area contributed by atoms with E-state index in [1.807, 2.05) is 28.7 Å². The number of fused-ring (bicyclic) bond motifs is 12. The molecule has 0 saturated heterocycles. The number of halogens is 2. The van der Waals surface area contributed by atoms with Gasteiger partial charge in [0.2, 0.25) is 0 Å². The molecule has 13 rings (SSSR count). The average molecular weight is 834 g/mol. The summed E-state index contributed by atoms with van der Waals surface area (Å²) >= 11 is 8.94. The van der Waals surface area contributed by atoms with Gasteiger partial charge in [-0.3, -0.25) is 0 Å². The van der Waals surface area contributed by atoms with Gasteiger partial charge in [-0.15, -0.1) is 56.7 Å². The summed E-state index contributed by atoms with van der Waals surface area (Å²) in [5, 5.41) is 9.17. The predicted octanol–water partition coefficient (Wildman–Crippen LogP) is 17.6. The van der Waals surface area contributed by atoms with Crippen LogP contribution in [0.4, 0.5) is 13.8 Å². The molecule has 57 heavy (non-hydrogen) atoms. The molecule has 0 radical (unpaired) electrons. The second kappa shape index (κ2) is 12.1. The molecule has 4 aliphatic rings. The zero-order valence-corrected chi connectivity index (χ0v) is 35.3. The van der Waals surface area contributed by atoms with Crippen LogP contribution in [0.2, 0.25) is 0 Å². The van der Waals surface area contributed by atoms with Gasteiger partial charge < -0.3 is 5.32 Å². The molecule has 0 saturated carbocycles. The molecule has 8 heteroatoms. The van der Waals surface area contributed by atoms with Gasteiger partial charge in [-0.05, 0) is 71.6 Å². The number of nitrogens with one attached hydrogen (secondary N) is 1. The lowest BCUT2D eigenvalue weighted by Crippen LogP contribution is -1.99. The van der Waals surface area contributed by atoms with Crippen LogP contribution in [0.25, 0.3) is 127 Å². The van der Waals surface area contributed by atoms with Crippen molar-refractivity contribution < 1.29 is 8.78 Å². The minimum absolute atomic E-state index is 0.428. The largest absolute Gasteiger partial charge is 0.377 e. The predicted molar refractivity (Wildman–Crippen MR) is 246 cm³/mol. The van der Waals surface area contributed by atoms with Gasteiger partial charge >= 0.3 is 0 Å². The minimum Gasteiger partial charge on any atom is -0.377 e. The summed E-state index contributed by atoms with van der Waals surface area (Å²) in [6.45, 7) is 5.34. The highest BCUT2D eigenvalue weighted by Crippen LogP contribution is 2.63. The van der Waals surface area contributed by atoms with E-state index in [0.717, 1.165) is 70.5 Å². The van der Waals surface area contributed by atoms with Gasteiger partial charge in [0.1, 0.15) is 0 Å². The van der Waals surface area contributed by atoms with Crippen LogP contribution in [0, 0.1) is 18.6 Å². The van der Waals surface area contributed by atoms with E-state index in [1.54, 1.807) is 34.0 Å². The van der Waals surface area contributed by atoms with Gasteiger partial charge in [0.05, 0.1) is 5.00 Å². The van der Waals surface area contributed by atoms with Crippen molar-refractivity contribution in [3.8, 4) is 106 Å². The normalized spacial score (nSPS) is 13.1. The van der Waals surface area contributed by atoms with Crippen LogP contribution in [0.5, 0.6) is 0 Å². The summed E-state index contributed by atoms with van der Waals surface area (Å²) in [5.74, 6) is -1.45. The van der Waals surface area contributed by atoms with Crippen LogP contribution in [-0.2, 0) is 0 Å². The first kappa shape index (κ1) is 33.5. The standard InChI is InChI=1S/C49H33F2NS5/c1-3-4-5-6-7-8-17-52-37-21-32-43-41-28(49(32)57-37)14-13-27-40(41)42(44(50)45(43)51)31-20-36(56-48(27)31)34-16-15-33(54-34)35-19-30-24-10-11-25-38-23(29-18-22(2)53-46(25)29)9-12-26(39(24)38)47(30)55-35/h9-16,18-21,52H,3-8,17H2,1-2H3. The summed E-state index contributed by atoms with van der Waals surface area (Å²) in [6, 6.07) is 26.9. The smallest absolute Gasteiger partial charge is 0.168 e. The molecule has 9 aromatic rings. The van der Waals surface area contributed by atoms with Gasteiger partial charge in [-0.1, -0.05) is 75.4 Å². The lowest BCUT2D eigenvalue weighted by molar-refractivity contribution is 0.516. The van der Waals surface area contributed by atoms with E-state index in [4.69, 9.17) is 0 Å². The van der Waals surface area contributed by atoms with Gasteiger partial charge in [0, 0.05) is 117 Å². The molecule has 5 heterocycles. The van der Waals surface area contributed by atoms with Crippen molar-refractivity contribution in [1.29, 1.82) is 0 Å². The van der Waals surface area contributed by atoms with Crippen molar-refractivity contribution >= 4 is 83.2 Å². The van der Waals surface area contributed by atoms with Gasteiger partial charge in [0.15, 0.2) is 11.6 Å². The number of anilines is 1. The molecule has 0 fully saturated rings. The third-order valence-electron chi connectivity index (χ3n) is 12.6. The fourth-order valence-corrected chi connectivity index (χ4v) is 15.8. The van der Waals surface area contributed by atoms with Crippen LogP contribution in [-0.4, -0.2) is 6.54 Å². The first-order chi connectivity index (χ1) is 28.0. The zero-order valence-electron chi connectivity index (χ0n) is 31.2. The maximum absolute atomic E-state index is 16.4. The lowest BCUT2D eigenvalue weighted by Gasteiger charge is -2.10. The van der Waals surface area contributed by atoms with E-state index in [-0.39, 0.29) is 0 Å². The number of hydrogen-bond acceptors (Lipinski definition) is 6. The highest BCUT2D eigenvalue weighted by atomic mass is 32.1. The quantitative estimate of drug-likeness (QED) is 0.135. The highest BCUT2D eigenvalue weighted by molar-refractivity contribution is 7.28. The van der Waals surface area contributed by atoms with Gasteiger partial charge in [0.25, 0.3) is 0 Å². The first-order valence-electron chi connectivity index (χ1n) is 19.9. The number of rotatable bonds is 10. The summed E-state index contributed by atoms with van der Waals surface area (Å²) < 4.78 is 32.8. The van der Waals surface area contributed by atoms with Crippen molar-refractivity contribution in [2.75, 3.05) is 11.9 Å². The fraction of sp³-hybridized carbons (Fsp3) is 0.184. The van der Waals surface area contributed by atoms with E-state index in [2.05, 4.69) is 85.9 Å². The molecule has 4 aliphatic carbocycles. The molecule has 5 aromatic heterocycles. The Kier molecular flexibility index (Phi) is 7.09. The molecular formula is C49H33F2NS5. The monoisotopic (exact) mass is 833 g/mol. The van der Waals surface area contributed by atoms with E-state index in [0.29, 0.717) is 11.1 Å². The van der Waals surface area contributed by atoms with Crippen LogP contribution in [0.1, 0.15) is 50.3 Å². The third kappa shape index (κ3) is 4.46. The Balaban J connectivity index is 0.809. The Labute approximate surface area is 348 Å². The zero-order chi connectivity index (χ0) is 37.8. The van der Waals surface area contributed by atoms with Crippen LogP contribution < -0.4 is 5.32 Å². The van der Waals surface area contributed by atoms with Crippen molar-refractivity contribution in [2.45, 2.75) is 52.4 Å². The van der Waals surface area contributed by atoms with E-state index >= 15 is 8.78 Å². The Bertz CT molecular complexity index is 3170. The average Bonchev–Trinajstić information content (AvgIpc) is 4.06. The maximum atomic E-state index is 16.4. The number of hydrogen-bond donors (Lipinski definition) is 1. The fourth-order valence-electron chi connectivity index (χ4n) is 10.1. The van der Waals surface area contributed by atoms with E-state index < -0.39 is 11.6 Å². The van der Waals surface area contributed by atoms with Gasteiger partial charge in [-0.2, -0.15) is 0 Å². The molecular weight excluding hydrogens is 801 g/mol. The van der Waals surface area contributed by atoms with Crippen LogP contribution in [0.3, 0.4) is 0 Å². The molecule has 0 bridgehead atoms. The molecule has 0 amide bonds. The van der Waals surface area contributed by atoms with E-state index in [1.165, 1.54) is 101 Å². The molecule has 0 atom stereocenters. The number of thiophene rings is 5. The minimum atomic E-state index is -0.727. The number of benzene rings is 4. The summed E-state index contributed by atoms with van der Waals surface area (Å²) in [7, 11) is 0. The molecule has 278 valence electrons. The molecule has 4 aromatic carbocycles. The Morgan fingerprint density at radius 2 is 0.930 bits per heavy atom. The van der Waals surface area contributed by atoms with Crippen molar-refractivity contribution in [2.24, 2.45) is 0 Å². The van der Waals surface area contributed by atoms with Crippen molar-refractivity contribution in [3.05, 3.63) is 89.3 Å². The summed E-state index contributed by atoms with van der Waals surface area (Å²) in [5.41, 5.74) is 12.7. The molecule has 1 nitrogen and oxygen atoms in total. The second-order valence-corrected chi connectivity index (χ2v) is 21.4. The number of aryl methyl sites for hydroxylation is 1. The lowest BCUT2D eigenvalue weighted by atomic mass is 9.96. The molecule has 0 unspecified atom stereocenters. The Morgan fingerprint density at radius 1 is 0.439 bits per heavy atom. The Morgan fingerprint density at radius 3 is 1.58 bits per heavy atom.